The molecule has 0 radical (unpaired) electrons. The lowest BCUT2D eigenvalue weighted by Crippen LogP contribution is -2.48. The zero-order valence-corrected chi connectivity index (χ0v) is 22.4. The van der Waals surface area contributed by atoms with Gasteiger partial charge in [-0.3, -0.25) is 14.6 Å². The maximum atomic E-state index is 15.1. The number of nitrogens with two attached hydrogens (primary N) is 1. The molecule has 0 aliphatic rings. The molecule has 0 spiro atoms. The molecule has 4 rings (SSSR count). The van der Waals surface area contributed by atoms with E-state index in [4.69, 9.17) is 15.2 Å². The highest BCUT2D eigenvalue weighted by Gasteiger charge is 2.27. The SMILES string of the molecule is C/C=C(\C(=O)Nc1ccc(Oc2ccnc3cc(OC)ccc23)c(F)c1)C(=O)N(c1ccccc1)N(C)CCN. The Morgan fingerprint density at radius 3 is 2.50 bits per heavy atom. The van der Waals surface area contributed by atoms with Gasteiger partial charge in [-0.05, 0) is 49.4 Å². The average molecular weight is 544 g/mol. The first-order chi connectivity index (χ1) is 19.4. The summed E-state index contributed by atoms with van der Waals surface area (Å²) in [7, 11) is 3.27. The summed E-state index contributed by atoms with van der Waals surface area (Å²) in [4.78, 5) is 31.0. The Morgan fingerprint density at radius 2 is 1.82 bits per heavy atom. The van der Waals surface area contributed by atoms with E-state index in [0.29, 0.717) is 41.2 Å². The van der Waals surface area contributed by atoms with Crippen LogP contribution in [-0.4, -0.2) is 49.1 Å². The van der Waals surface area contributed by atoms with Gasteiger partial charge in [0.1, 0.15) is 17.1 Å². The number of amides is 2. The molecule has 0 saturated heterocycles. The minimum atomic E-state index is -0.696. The van der Waals surface area contributed by atoms with Crippen LogP contribution in [0.1, 0.15) is 6.92 Å². The van der Waals surface area contributed by atoms with Gasteiger partial charge >= 0.3 is 0 Å². The Bertz CT molecular complexity index is 1540. The lowest BCUT2D eigenvalue weighted by atomic mass is 10.2. The monoisotopic (exact) mass is 543 g/mol. The molecule has 206 valence electrons. The van der Waals surface area contributed by atoms with Crippen molar-refractivity contribution < 1.29 is 23.5 Å². The first kappa shape index (κ1) is 28.2. The molecule has 3 aromatic carbocycles. The van der Waals surface area contributed by atoms with E-state index < -0.39 is 17.6 Å². The number of likely N-dealkylation sites (N-methyl/N-ethyl adjacent to an activating group) is 1. The second kappa shape index (κ2) is 12.8. The van der Waals surface area contributed by atoms with Crippen LogP contribution in [0.2, 0.25) is 0 Å². The Morgan fingerprint density at radius 1 is 1.05 bits per heavy atom. The molecule has 0 saturated carbocycles. The van der Waals surface area contributed by atoms with Gasteiger partial charge in [0.2, 0.25) is 0 Å². The second-order valence-corrected chi connectivity index (χ2v) is 8.72. The molecule has 2 amide bonds. The van der Waals surface area contributed by atoms with Crippen molar-refractivity contribution >= 4 is 34.1 Å². The number of carbonyl (C=O) groups excluding carboxylic acids is 2. The highest BCUT2D eigenvalue weighted by atomic mass is 19.1. The molecule has 0 aliphatic carbocycles. The summed E-state index contributed by atoms with van der Waals surface area (Å²) in [6.45, 7) is 2.28. The third-order valence-electron chi connectivity index (χ3n) is 6.07. The Hall–Kier alpha value is -4.80. The van der Waals surface area contributed by atoms with Crippen molar-refractivity contribution in [3.05, 3.63) is 96.5 Å². The molecule has 0 fully saturated rings. The number of halogens is 1. The second-order valence-electron chi connectivity index (χ2n) is 8.72. The van der Waals surface area contributed by atoms with Gasteiger partial charge in [0.25, 0.3) is 11.8 Å². The molecule has 40 heavy (non-hydrogen) atoms. The number of para-hydroxylation sites is 1. The highest BCUT2D eigenvalue weighted by molar-refractivity contribution is 6.26. The summed E-state index contributed by atoms with van der Waals surface area (Å²) in [5.41, 5.74) is 6.95. The smallest absolute Gasteiger partial charge is 0.278 e. The van der Waals surface area contributed by atoms with Gasteiger partial charge in [0.05, 0.1) is 18.3 Å². The van der Waals surface area contributed by atoms with E-state index in [0.717, 1.165) is 6.07 Å². The number of anilines is 2. The minimum Gasteiger partial charge on any atom is -0.497 e. The van der Waals surface area contributed by atoms with Crippen molar-refractivity contribution in [2.24, 2.45) is 5.73 Å². The summed E-state index contributed by atoms with van der Waals surface area (Å²) >= 11 is 0. The van der Waals surface area contributed by atoms with Crippen LogP contribution >= 0.6 is 0 Å². The number of hydrogen-bond acceptors (Lipinski definition) is 7. The number of carbonyl (C=O) groups is 2. The van der Waals surface area contributed by atoms with E-state index in [1.165, 1.54) is 23.2 Å². The number of ether oxygens (including phenoxy) is 2. The maximum absolute atomic E-state index is 15.1. The van der Waals surface area contributed by atoms with Crippen molar-refractivity contribution in [2.45, 2.75) is 6.92 Å². The van der Waals surface area contributed by atoms with Gasteiger partial charge in [-0.2, -0.15) is 0 Å². The van der Waals surface area contributed by atoms with E-state index >= 15 is 4.39 Å². The normalized spacial score (nSPS) is 11.4. The topological polar surface area (TPSA) is 110 Å². The zero-order valence-electron chi connectivity index (χ0n) is 22.4. The number of nitrogens with one attached hydrogen (secondary N) is 1. The number of methoxy groups -OCH3 is 1. The number of hydrogen-bond donors (Lipinski definition) is 2. The summed E-state index contributed by atoms with van der Waals surface area (Å²) in [6, 6.07) is 19.9. The number of pyridine rings is 1. The molecule has 4 aromatic rings. The first-order valence-electron chi connectivity index (χ1n) is 12.5. The van der Waals surface area contributed by atoms with Crippen LogP contribution in [0.5, 0.6) is 17.2 Å². The fourth-order valence-corrected chi connectivity index (χ4v) is 4.09. The van der Waals surface area contributed by atoms with Gasteiger partial charge in [-0.1, -0.05) is 24.3 Å². The largest absolute Gasteiger partial charge is 0.497 e. The fourth-order valence-electron chi connectivity index (χ4n) is 4.09. The molecule has 9 nitrogen and oxygen atoms in total. The summed E-state index contributed by atoms with van der Waals surface area (Å²) in [5.74, 6) is -0.922. The zero-order chi connectivity index (χ0) is 28.6. The molecule has 3 N–H and O–H groups in total. The molecule has 0 atom stereocenters. The molecule has 10 heteroatoms. The Kier molecular flexibility index (Phi) is 9.05. The number of fused-ring (bicyclic) bond motifs is 1. The molecule has 0 aliphatic heterocycles. The highest BCUT2D eigenvalue weighted by Crippen LogP contribution is 2.33. The summed E-state index contributed by atoms with van der Waals surface area (Å²) in [5, 5.41) is 6.31. The van der Waals surface area contributed by atoms with Gasteiger partial charge in [0, 0.05) is 49.5 Å². The van der Waals surface area contributed by atoms with E-state index in [2.05, 4.69) is 10.3 Å². The first-order valence-corrected chi connectivity index (χ1v) is 12.5. The van der Waals surface area contributed by atoms with E-state index in [-0.39, 0.29) is 17.0 Å². The molecular formula is C30H30FN5O4. The van der Waals surface area contributed by atoms with Crippen molar-refractivity contribution in [3.63, 3.8) is 0 Å². The van der Waals surface area contributed by atoms with Crippen molar-refractivity contribution in [3.8, 4) is 17.2 Å². The maximum Gasteiger partial charge on any atom is 0.278 e. The van der Waals surface area contributed by atoms with Crippen molar-refractivity contribution in [1.82, 2.24) is 9.99 Å². The van der Waals surface area contributed by atoms with Crippen LogP contribution in [0.3, 0.4) is 0 Å². The van der Waals surface area contributed by atoms with Crippen LogP contribution in [-0.2, 0) is 9.59 Å². The standard InChI is InChI=1S/C30H30FN5O4/c1-4-23(30(38)36(35(2)17-15-32)21-8-6-5-7-9-21)29(37)34-20-10-13-28(25(31)18-20)40-27-14-16-33-26-19-22(39-3)11-12-24(26)27/h4-14,16,18-19H,15,17,32H2,1-3H3,(H,34,37)/b23-4+. The van der Waals surface area contributed by atoms with Crippen LogP contribution in [0.4, 0.5) is 15.8 Å². The minimum absolute atomic E-state index is 0.0395. The number of benzene rings is 3. The predicted octanol–water partition coefficient (Wildman–Crippen LogP) is 4.90. The molecule has 1 heterocycles. The van der Waals surface area contributed by atoms with Gasteiger partial charge in [-0.25, -0.2) is 14.4 Å². The number of aromatic nitrogens is 1. The Balaban J connectivity index is 1.52. The van der Waals surface area contributed by atoms with Crippen LogP contribution in [0.15, 0.2) is 90.6 Å². The molecule has 0 unspecified atom stereocenters. The predicted molar refractivity (Wildman–Crippen MR) is 153 cm³/mol. The lowest BCUT2D eigenvalue weighted by Gasteiger charge is -2.32. The van der Waals surface area contributed by atoms with Crippen LogP contribution in [0, 0.1) is 5.82 Å². The number of rotatable bonds is 10. The van der Waals surface area contributed by atoms with Crippen LogP contribution < -0.4 is 25.5 Å². The van der Waals surface area contributed by atoms with E-state index in [1.807, 2.05) is 6.07 Å². The van der Waals surface area contributed by atoms with Crippen molar-refractivity contribution in [2.75, 3.05) is 37.6 Å². The third kappa shape index (κ3) is 6.25. The fraction of sp³-hybridized carbons (Fsp3) is 0.167. The van der Waals surface area contributed by atoms with Gasteiger partial charge in [0.15, 0.2) is 11.6 Å². The Labute approximate surface area is 231 Å². The molecule has 0 bridgehead atoms. The summed E-state index contributed by atoms with van der Waals surface area (Å²) in [6.07, 6.45) is 2.98. The molecule has 1 aromatic heterocycles. The number of allylic oxidation sites excluding steroid dienone is 1. The van der Waals surface area contributed by atoms with E-state index in [1.54, 1.807) is 80.8 Å². The third-order valence-corrected chi connectivity index (χ3v) is 6.07. The molecular weight excluding hydrogens is 513 g/mol. The van der Waals surface area contributed by atoms with Crippen molar-refractivity contribution in [1.29, 1.82) is 0 Å². The lowest BCUT2D eigenvalue weighted by molar-refractivity contribution is -0.121. The number of nitrogens with zero attached hydrogens (tertiary/aromatic N) is 3. The van der Waals surface area contributed by atoms with Gasteiger partial charge < -0.3 is 20.5 Å². The van der Waals surface area contributed by atoms with Gasteiger partial charge in [-0.15, -0.1) is 0 Å². The summed E-state index contributed by atoms with van der Waals surface area (Å²) < 4.78 is 26.1. The van der Waals surface area contributed by atoms with Crippen LogP contribution in [0.25, 0.3) is 10.9 Å². The van der Waals surface area contributed by atoms with E-state index in [9.17, 15) is 9.59 Å². The average Bonchev–Trinajstić information content (AvgIpc) is 2.95. The number of hydrazine groups is 1. The quantitative estimate of drug-likeness (QED) is 0.127.